The smallest absolute Gasteiger partial charge is 0.306 e. The molecule has 0 heterocycles. The summed E-state index contributed by atoms with van der Waals surface area (Å²) in [7, 11) is 0. The van der Waals surface area contributed by atoms with Crippen molar-refractivity contribution in [2.24, 2.45) is 17.8 Å². The lowest BCUT2D eigenvalue weighted by molar-refractivity contribution is -0.167. The number of hydrogen-bond acceptors (Lipinski definition) is 6. The molecule has 0 saturated carbocycles. The van der Waals surface area contributed by atoms with Crippen LogP contribution in [0.4, 0.5) is 0 Å². The number of rotatable bonds is 44. The van der Waals surface area contributed by atoms with Gasteiger partial charge in [-0.1, -0.05) is 234 Å². The number of esters is 3. The molecule has 0 fully saturated rings. The van der Waals surface area contributed by atoms with E-state index in [1.54, 1.807) is 0 Å². The summed E-state index contributed by atoms with van der Waals surface area (Å²) in [6, 6.07) is 0. The van der Waals surface area contributed by atoms with E-state index in [2.05, 4.69) is 41.5 Å². The van der Waals surface area contributed by atoms with Gasteiger partial charge >= 0.3 is 17.9 Å². The van der Waals surface area contributed by atoms with Gasteiger partial charge in [0.05, 0.1) is 0 Å². The van der Waals surface area contributed by atoms with E-state index in [0.29, 0.717) is 19.3 Å². The lowest BCUT2D eigenvalue weighted by atomic mass is 10.00. The fourth-order valence-electron chi connectivity index (χ4n) is 7.55. The summed E-state index contributed by atoms with van der Waals surface area (Å²) in [5, 5.41) is 0. The van der Waals surface area contributed by atoms with E-state index in [-0.39, 0.29) is 31.1 Å². The molecule has 0 aromatic rings. The molecule has 1 unspecified atom stereocenters. The minimum absolute atomic E-state index is 0.0657. The molecule has 0 aliphatic carbocycles. The average Bonchev–Trinajstić information content (AvgIpc) is 3.18. The minimum Gasteiger partial charge on any atom is -0.462 e. The van der Waals surface area contributed by atoms with Crippen LogP contribution < -0.4 is 0 Å². The lowest BCUT2D eigenvalue weighted by Gasteiger charge is -2.18. The Morgan fingerprint density at radius 3 is 0.912 bits per heavy atom. The molecule has 0 aliphatic heterocycles. The van der Waals surface area contributed by atoms with Gasteiger partial charge < -0.3 is 14.2 Å². The number of unbranched alkanes of at least 4 members (excludes halogenated alkanes) is 26. The molecule has 0 aromatic heterocycles. The van der Waals surface area contributed by atoms with Gasteiger partial charge in [0.2, 0.25) is 0 Å². The van der Waals surface area contributed by atoms with Gasteiger partial charge in [-0.25, -0.2) is 0 Å². The molecule has 0 saturated heterocycles. The molecule has 0 N–H and O–H groups in total. The van der Waals surface area contributed by atoms with Gasteiger partial charge in [0.15, 0.2) is 6.10 Å². The van der Waals surface area contributed by atoms with Crippen LogP contribution in [0.2, 0.25) is 0 Å². The zero-order valence-electron chi connectivity index (χ0n) is 39.1. The topological polar surface area (TPSA) is 78.9 Å². The third-order valence-corrected chi connectivity index (χ3v) is 11.8. The molecule has 6 nitrogen and oxygen atoms in total. The first kappa shape index (κ1) is 55.4. The molecular formula is C51H98O6. The second kappa shape index (κ2) is 42.5. The minimum atomic E-state index is -0.763. The van der Waals surface area contributed by atoms with Crippen LogP contribution in [-0.4, -0.2) is 37.2 Å². The van der Waals surface area contributed by atoms with Crippen molar-refractivity contribution in [1.29, 1.82) is 0 Å². The van der Waals surface area contributed by atoms with E-state index >= 15 is 0 Å². The summed E-state index contributed by atoms with van der Waals surface area (Å²) >= 11 is 0. The molecule has 0 aliphatic rings. The van der Waals surface area contributed by atoms with Gasteiger partial charge in [0.1, 0.15) is 13.2 Å². The predicted octanol–water partition coefficient (Wildman–Crippen LogP) is 16.0. The summed E-state index contributed by atoms with van der Waals surface area (Å²) in [4.78, 5) is 37.8. The quantitative estimate of drug-likeness (QED) is 0.0347. The predicted molar refractivity (Wildman–Crippen MR) is 243 cm³/mol. The van der Waals surface area contributed by atoms with Crippen LogP contribution in [0.5, 0.6) is 0 Å². The van der Waals surface area contributed by atoms with Crippen LogP contribution in [0.3, 0.4) is 0 Å². The van der Waals surface area contributed by atoms with Crippen molar-refractivity contribution in [2.75, 3.05) is 13.2 Å². The first-order valence-corrected chi connectivity index (χ1v) is 25.1. The van der Waals surface area contributed by atoms with E-state index in [4.69, 9.17) is 14.2 Å². The Labute approximate surface area is 355 Å². The molecule has 6 heteroatoms. The number of ether oxygens (including phenoxy) is 3. The average molecular weight is 807 g/mol. The Morgan fingerprint density at radius 1 is 0.351 bits per heavy atom. The molecule has 338 valence electrons. The van der Waals surface area contributed by atoms with Crippen molar-refractivity contribution in [3.05, 3.63) is 0 Å². The Hall–Kier alpha value is -1.59. The monoisotopic (exact) mass is 807 g/mol. The highest BCUT2D eigenvalue weighted by atomic mass is 16.6. The normalized spacial score (nSPS) is 12.6. The second-order valence-corrected chi connectivity index (χ2v) is 18.6. The van der Waals surface area contributed by atoms with E-state index in [1.165, 1.54) is 154 Å². The van der Waals surface area contributed by atoms with E-state index < -0.39 is 6.10 Å². The number of hydrogen-bond donors (Lipinski definition) is 0. The summed E-state index contributed by atoms with van der Waals surface area (Å²) in [6.45, 7) is 13.7. The standard InChI is InChI=1S/C51H98O6/c1-7-47(6)39-33-27-23-24-29-35-41-50(53)56-44-48(57-51(54)42-36-30-22-18-14-16-20-26-32-38-46(4)5)43-55-49(52)40-34-28-21-17-13-11-9-8-10-12-15-19-25-31-37-45(2)3/h45-48H,7-44H2,1-6H3/t47?,48-/m0/s1. The SMILES string of the molecule is CCC(C)CCCCCCCCC(=O)OC[C@H](COC(=O)CCCCCCCCCCCCCCCCC(C)C)OC(=O)CCCCCCCCCCCC(C)C. The van der Waals surface area contributed by atoms with Gasteiger partial charge in [-0.2, -0.15) is 0 Å². The lowest BCUT2D eigenvalue weighted by Crippen LogP contribution is -2.30. The second-order valence-electron chi connectivity index (χ2n) is 18.6. The van der Waals surface area contributed by atoms with Gasteiger partial charge in [-0.05, 0) is 37.0 Å². The molecular weight excluding hydrogens is 709 g/mol. The number of carbonyl (C=O) groups is 3. The largest absolute Gasteiger partial charge is 0.462 e. The third-order valence-electron chi connectivity index (χ3n) is 11.8. The van der Waals surface area contributed by atoms with Crippen molar-refractivity contribution in [2.45, 2.75) is 279 Å². The highest BCUT2D eigenvalue weighted by Crippen LogP contribution is 2.18. The Bertz CT molecular complexity index is 885. The zero-order valence-corrected chi connectivity index (χ0v) is 39.1. The summed E-state index contributed by atoms with van der Waals surface area (Å²) in [5.41, 5.74) is 0. The van der Waals surface area contributed by atoms with Gasteiger partial charge in [0.25, 0.3) is 0 Å². The highest BCUT2D eigenvalue weighted by molar-refractivity contribution is 5.71. The molecule has 57 heavy (non-hydrogen) atoms. The van der Waals surface area contributed by atoms with Crippen LogP contribution in [-0.2, 0) is 28.6 Å². The summed E-state index contributed by atoms with van der Waals surface area (Å²) in [5.74, 6) is 1.61. The van der Waals surface area contributed by atoms with Crippen LogP contribution in [0.1, 0.15) is 273 Å². The van der Waals surface area contributed by atoms with E-state index in [0.717, 1.165) is 75.5 Å². The Morgan fingerprint density at radius 2 is 0.614 bits per heavy atom. The maximum absolute atomic E-state index is 12.7. The first-order chi connectivity index (χ1) is 27.6. The molecule has 0 spiro atoms. The van der Waals surface area contributed by atoms with E-state index in [1.807, 2.05) is 0 Å². The van der Waals surface area contributed by atoms with Crippen LogP contribution in [0, 0.1) is 17.8 Å². The zero-order chi connectivity index (χ0) is 42.0. The van der Waals surface area contributed by atoms with Crippen molar-refractivity contribution in [1.82, 2.24) is 0 Å². The number of carbonyl (C=O) groups excluding carboxylic acids is 3. The van der Waals surface area contributed by atoms with Crippen LogP contribution in [0.15, 0.2) is 0 Å². The van der Waals surface area contributed by atoms with Crippen LogP contribution in [0.25, 0.3) is 0 Å². The van der Waals surface area contributed by atoms with Crippen molar-refractivity contribution in [3.8, 4) is 0 Å². The molecule has 2 atom stereocenters. The van der Waals surface area contributed by atoms with Gasteiger partial charge in [-0.3, -0.25) is 14.4 Å². The fraction of sp³-hybridized carbons (Fsp3) is 0.941. The fourth-order valence-corrected chi connectivity index (χ4v) is 7.55. The Kier molecular flexibility index (Phi) is 41.3. The maximum Gasteiger partial charge on any atom is 0.306 e. The van der Waals surface area contributed by atoms with E-state index in [9.17, 15) is 14.4 Å². The molecule has 0 radical (unpaired) electrons. The van der Waals surface area contributed by atoms with Crippen molar-refractivity contribution in [3.63, 3.8) is 0 Å². The third kappa shape index (κ3) is 43.8. The maximum atomic E-state index is 12.7. The highest BCUT2D eigenvalue weighted by Gasteiger charge is 2.19. The van der Waals surface area contributed by atoms with Gasteiger partial charge in [-0.15, -0.1) is 0 Å². The molecule has 0 aromatic carbocycles. The van der Waals surface area contributed by atoms with Gasteiger partial charge in [0, 0.05) is 19.3 Å². The molecule has 0 rings (SSSR count). The molecule has 0 bridgehead atoms. The van der Waals surface area contributed by atoms with Crippen molar-refractivity contribution < 1.29 is 28.6 Å². The Balaban J connectivity index is 4.29. The van der Waals surface area contributed by atoms with Crippen molar-refractivity contribution >= 4 is 17.9 Å². The summed E-state index contributed by atoms with van der Waals surface area (Å²) in [6.07, 6.45) is 40.9. The first-order valence-electron chi connectivity index (χ1n) is 25.1. The van der Waals surface area contributed by atoms with Crippen LogP contribution >= 0.6 is 0 Å². The summed E-state index contributed by atoms with van der Waals surface area (Å²) < 4.78 is 16.8. The molecule has 0 amide bonds.